The van der Waals surface area contributed by atoms with Gasteiger partial charge in [0.15, 0.2) is 0 Å². The van der Waals surface area contributed by atoms with Crippen molar-refractivity contribution in [3.05, 3.63) is 17.0 Å². The lowest BCUT2D eigenvalue weighted by molar-refractivity contribution is -0.122. The molecule has 1 aromatic rings. The van der Waals surface area contributed by atoms with E-state index in [4.69, 9.17) is 0 Å². The van der Waals surface area contributed by atoms with Crippen molar-refractivity contribution in [2.45, 2.75) is 49.3 Å². The molecule has 1 heterocycles. The van der Waals surface area contributed by atoms with E-state index in [2.05, 4.69) is 10.0 Å². The molecule has 0 saturated heterocycles. The molecule has 2 rings (SSSR count). The Morgan fingerprint density at radius 1 is 1.29 bits per heavy atom. The molecule has 0 radical (unpaired) electrons. The van der Waals surface area contributed by atoms with Gasteiger partial charge in [-0.2, -0.15) is 0 Å². The number of hydrogen-bond donors (Lipinski definition) is 2. The van der Waals surface area contributed by atoms with Crippen molar-refractivity contribution in [3.63, 3.8) is 0 Å². The van der Waals surface area contributed by atoms with E-state index in [1.165, 1.54) is 37.6 Å². The minimum Gasteiger partial charge on any atom is -0.351 e. The van der Waals surface area contributed by atoms with Gasteiger partial charge >= 0.3 is 0 Å². The third kappa shape index (κ3) is 4.79. The molecule has 118 valence electrons. The van der Waals surface area contributed by atoms with Gasteiger partial charge < -0.3 is 5.32 Å². The lowest BCUT2D eigenvalue weighted by atomic mass is 9.87. The van der Waals surface area contributed by atoms with Gasteiger partial charge in [0.2, 0.25) is 15.9 Å². The monoisotopic (exact) mass is 330 g/mol. The van der Waals surface area contributed by atoms with Crippen LogP contribution in [0.25, 0.3) is 0 Å². The van der Waals surface area contributed by atoms with Gasteiger partial charge in [-0.3, -0.25) is 4.79 Å². The van der Waals surface area contributed by atoms with Crippen LogP contribution in [0.5, 0.6) is 0 Å². The van der Waals surface area contributed by atoms with Gasteiger partial charge in [0.1, 0.15) is 4.21 Å². The Balaban J connectivity index is 1.81. The minimum atomic E-state index is -3.38. The molecule has 0 bridgehead atoms. The van der Waals surface area contributed by atoms with Gasteiger partial charge in [-0.25, -0.2) is 13.1 Å². The summed E-state index contributed by atoms with van der Waals surface area (Å²) >= 11 is 1.19. The van der Waals surface area contributed by atoms with Crippen LogP contribution in [-0.4, -0.2) is 21.4 Å². The van der Waals surface area contributed by atoms with Gasteiger partial charge in [-0.05, 0) is 37.9 Å². The van der Waals surface area contributed by atoms with Gasteiger partial charge in [0.25, 0.3) is 0 Å². The zero-order valence-corrected chi connectivity index (χ0v) is 13.9. The molecule has 7 heteroatoms. The minimum absolute atomic E-state index is 0.0633. The molecular weight excluding hydrogens is 308 g/mol. The molecule has 5 nitrogen and oxygen atoms in total. The Hall–Kier alpha value is -0.920. The smallest absolute Gasteiger partial charge is 0.249 e. The number of thiophene rings is 1. The van der Waals surface area contributed by atoms with E-state index in [9.17, 15) is 13.2 Å². The van der Waals surface area contributed by atoms with Crippen LogP contribution in [0.2, 0.25) is 0 Å². The molecule has 0 aromatic carbocycles. The number of hydrogen-bond acceptors (Lipinski definition) is 4. The van der Waals surface area contributed by atoms with Gasteiger partial charge in [-0.1, -0.05) is 19.3 Å². The van der Waals surface area contributed by atoms with Gasteiger partial charge in [0.05, 0.1) is 6.54 Å². The van der Waals surface area contributed by atoms with Crippen molar-refractivity contribution in [2.75, 3.05) is 7.05 Å². The van der Waals surface area contributed by atoms with Crippen LogP contribution in [0, 0.1) is 5.92 Å². The second-order valence-electron chi connectivity index (χ2n) is 5.41. The number of rotatable bonds is 6. The lowest BCUT2D eigenvalue weighted by Crippen LogP contribution is -2.25. The molecule has 1 aliphatic carbocycles. The van der Waals surface area contributed by atoms with Crippen molar-refractivity contribution in [1.82, 2.24) is 10.0 Å². The number of amides is 1. The maximum Gasteiger partial charge on any atom is 0.249 e. The molecule has 0 aliphatic heterocycles. The third-order valence-corrected chi connectivity index (χ3v) is 6.82. The maximum absolute atomic E-state index is 11.9. The average Bonchev–Trinajstić information content (AvgIpc) is 2.96. The van der Waals surface area contributed by atoms with Crippen LogP contribution in [0.1, 0.15) is 43.4 Å². The van der Waals surface area contributed by atoms with Crippen LogP contribution in [0.3, 0.4) is 0 Å². The first-order valence-electron chi connectivity index (χ1n) is 7.30. The summed E-state index contributed by atoms with van der Waals surface area (Å²) in [4.78, 5) is 12.8. The van der Waals surface area contributed by atoms with Crippen molar-refractivity contribution < 1.29 is 13.2 Å². The molecule has 0 atom stereocenters. The number of sulfonamides is 1. The van der Waals surface area contributed by atoms with Gasteiger partial charge in [0, 0.05) is 11.3 Å². The number of carbonyl (C=O) groups is 1. The van der Waals surface area contributed by atoms with Crippen molar-refractivity contribution in [3.8, 4) is 0 Å². The Kier molecular flexibility index (Phi) is 5.78. The summed E-state index contributed by atoms with van der Waals surface area (Å²) in [6, 6.07) is 3.31. The Bertz CT molecular complexity index is 575. The topological polar surface area (TPSA) is 75.3 Å². The maximum atomic E-state index is 11.9. The summed E-state index contributed by atoms with van der Waals surface area (Å²) < 4.78 is 25.8. The Morgan fingerprint density at radius 2 is 2.00 bits per heavy atom. The van der Waals surface area contributed by atoms with Crippen molar-refractivity contribution in [1.29, 1.82) is 0 Å². The first-order chi connectivity index (χ1) is 10.0. The summed E-state index contributed by atoms with van der Waals surface area (Å²) in [5.41, 5.74) is 0. The highest BCUT2D eigenvalue weighted by Gasteiger charge is 2.18. The fraction of sp³-hybridized carbons (Fsp3) is 0.643. The second kappa shape index (κ2) is 7.38. The molecule has 1 saturated carbocycles. The van der Waals surface area contributed by atoms with Crippen molar-refractivity contribution in [2.24, 2.45) is 5.92 Å². The fourth-order valence-corrected chi connectivity index (χ4v) is 4.74. The summed E-state index contributed by atoms with van der Waals surface area (Å²) in [5, 5.41) is 2.89. The second-order valence-corrected chi connectivity index (χ2v) is 8.69. The average molecular weight is 330 g/mol. The van der Waals surface area contributed by atoms with Crippen LogP contribution < -0.4 is 10.0 Å². The van der Waals surface area contributed by atoms with Crippen LogP contribution in [0.15, 0.2) is 16.3 Å². The summed E-state index contributed by atoms with van der Waals surface area (Å²) in [6.45, 7) is 0.398. The molecule has 0 unspecified atom stereocenters. The molecule has 0 spiro atoms. The Labute approximate surface area is 130 Å². The normalized spacial score (nSPS) is 16.8. The van der Waals surface area contributed by atoms with E-state index in [1.807, 2.05) is 0 Å². The predicted octanol–water partition coefficient (Wildman–Crippen LogP) is 2.24. The van der Waals surface area contributed by atoms with Crippen LogP contribution >= 0.6 is 11.3 Å². The van der Waals surface area contributed by atoms with Gasteiger partial charge in [-0.15, -0.1) is 11.3 Å². The molecule has 1 aromatic heterocycles. The number of carbonyl (C=O) groups excluding carboxylic acids is 1. The van der Waals surface area contributed by atoms with E-state index in [1.54, 1.807) is 12.1 Å². The van der Waals surface area contributed by atoms with E-state index in [0.717, 1.165) is 17.7 Å². The zero-order chi connectivity index (χ0) is 15.3. The zero-order valence-electron chi connectivity index (χ0n) is 12.2. The molecule has 1 aliphatic rings. The first-order valence-corrected chi connectivity index (χ1v) is 9.60. The van der Waals surface area contributed by atoms with E-state index in [0.29, 0.717) is 18.9 Å². The third-order valence-electron chi connectivity index (χ3n) is 3.83. The summed E-state index contributed by atoms with van der Waals surface area (Å²) in [5.74, 6) is 0.579. The highest BCUT2D eigenvalue weighted by atomic mass is 32.2. The van der Waals surface area contributed by atoms with E-state index < -0.39 is 10.0 Å². The Morgan fingerprint density at radius 3 is 2.67 bits per heavy atom. The highest BCUT2D eigenvalue weighted by molar-refractivity contribution is 7.91. The molecule has 2 N–H and O–H groups in total. The number of nitrogens with one attached hydrogen (secondary N) is 2. The van der Waals surface area contributed by atoms with E-state index >= 15 is 0 Å². The standard InChI is InChI=1S/C14H22N2O3S2/c1-15-21(18,19)14-8-7-12(20-14)10-16-13(17)9-11-5-3-2-4-6-11/h7-8,11,15H,2-6,9-10H2,1H3,(H,16,17). The molecule has 21 heavy (non-hydrogen) atoms. The van der Waals surface area contributed by atoms with Crippen LogP contribution in [0.4, 0.5) is 0 Å². The molecule has 1 amide bonds. The van der Waals surface area contributed by atoms with Crippen LogP contribution in [-0.2, 0) is 21.4 Å². The summed E-state index contributed by atoms with van der Waals surface area (Å²) in [7, 11) is -1.99. The summed E-state index contributed by atoms with van der Waals surface area (Å²) in [6.07, 6.45) is 6.64. The fourth-order valence-electron chi connectivity index (χ4n) is 2.61. The first kappa shape index (κ1) is 16.5. The lowest BCUT2D eigenvalue weighted by Gasteiger charge is -2.20. The van der Waals surface area contributed by atoms with Crippen molar-refractivity contribution >= 4 is 27.3 Å². The predicted molar refractivity (Wildman–Crippen MR) is 83.6 cm³/mol. The molecular formula is C14H22N2O3S2. The SMILES string of the molecule is CNS(=O)(=O)c1ccc(CNC(=O)CC2CCCCC2)s1. The quantitative estimate of drug-likeness (QED) is 0.840. The van der Waals surface area contributed by atoms with E-state index in [-0.39, 0.29) is 10.1 Å². The molecule has 1 fully saturated rings. The highest BCUT2D eigenvalue weighted by Crippen LogP contribution is 2.26. The largest absolute Gasteiger partial charge is 0.351 e.